The number of benzene rings is 1. The van der Waals surface area contributed by atoms with Crippen molar-refractivity contribution < 1.29 is 14.5 Å². The molecule has 0 aliphatic heterocycles. The van der Waals surface area contributed by atoms with Crippen LogP contribution in [0, 0.1) is 10.1 Å². The molecular formula is C12H17N5O4. The summed E-state index contributed by atoms with van der Waals surface area (Å²) in [5, 5.41) is 15.8. The Hall–Kier alpha value is -2.84. The van der Waals surface area contributed by atoms with Crippen molar-refractivity contribution in [3.05, 3.63) is 33.9 Å². The number of anilines is 1. The number of non-ortho nitro benzene ring substituents is 1. The number of hydrogen-bond donors (Lipinski definition) is 3. The van der Waals surface area contributed by atoms with Crippen molar-refractivity contribution >= 4 is 23.3 Å². The highest BCUT2D eigenvalue weighted by molar-refractivity contribution is 5.99. The van der Waals surface area contributed by atoms with E-state index in [0.717, 1.165) is 6.07 Å². The van der Waals surface area contributed by atoms with Crippen LogP contribution in [0.1, 0.15) is 10.4 Å². The van der Waals surface area contributed by atoms with Crippen molar-refractivity contribution in [2.45, 2.75) is 0 Å². The quantitative estimate of drug-likeness (QED) is 0.308. The predicted molar refractivity (Wildman–Crippen MR) is 76.9 cm³/mol. The number of nitro benzene ring substituents is 1. The Bertz CT molecular complexity index is 559. The summed E-state index contributed by atoms with van der Waals surface area (Å²) < 4.78 is 0. The highest BCUT2D eigenvalue weighted by Crippen LogP contribution is 2.19. The van der Waals surface area contributed by atoms with Gasteiger partial charge in [-0.25, -0.2) is 4.79 Å². The van der Waals surface area contributed by atoms with Crippen molar-refractivity contribution in [3.8, 4) is 0 Å². The Morgan fingerprint density at radius 1 is 1.29 bits per heavy atom. The first-order valence-corrected chi connectivity index (χ1v) is 6.10. The van der Waals surface area contributed by atoms with E-state index in [2.05, 4.69) is 10.6 Å². The summed E-state index contributed by atoms with van der Waals surface area (Å²) in [5.41, 5.74) is 5.59. The number of amides is 3. The molecule has 0 aliphatic carbocycles. The van der Waals surface area contributed by atoms with E-state index in [1.165, 1.54) is 17.0 Å². The van der Waals surface area contributed by atoms with E-state index in [9.17, 15) is 19.7 Å². The second-order valence-electron chi connectivity index (χ2n) is 4.41. The standard InChI is InChI=1S/C12H17N5O4/c1-16(2)12(19)15-6-5-14-11(18)9-7-8(17(20)21)3-4-10(9)13/h3-4,7H,5-6,13H2,1-2H3,(H,14,18)(H,15,19). The van der Waals surface area contributed by atoms with Gasteiger partial charge in [-0.2, -0.15) is 0 Å². The van der Waals surface area contributed by atoms with Crippen molar-refractivity contribution in [1.29, 1.82) is 0 Å². The van der Waals surface area contributed by atoms with E-state index in [4.69, 9.17) is 5.73 Å². The highest BCUT2D eigenvalue weighted by atomic mass is 16.6. The van der Waals surface area contributed by atoms with Gasteiger partial charge >= 0.3 is 6.03 Å². The Labute approximate surface area is 121 Å². The van der Waals surface area contributed by atoms with Gasteiger partial charge in [0.2, 0.25) is 0 Å². The molecule has 0 heterocycles. The highest BCUT2D eigenvalue weighted by Gasteiger charge is 2.15. The molecular weight excluding hydrogens is 278 g/mol. The number of hydrogen-bond acceptors (Lipinski definition) is 5. The molecule has 1 aromatic carbocycles. The molecule has 0 saturated carbocycles. The summed E-state index contributed by atoms with van der Waals surface area (Å²) in [6, 6.07) is 3.37. The molecule has 1 rings (SSSR count). The molecule has 0 fully saturated rings. The molecule has 0 radical (unpaired) electrons. The minimum Gasteiger partial charge on any atom is -0.398 e. The van der Waals surface area contributed by atoms with E-state index in [0.29, 0.717) is 0 Å². The van der Waals surface area contributed by atoms with Gasteiger partial charge in [-0.05, 0) is 6.07 Å². The molecule has 114 valence electrons. The van der Waals surface area contributed by atoms with Gasteiger partial charge in [-0.15, -0.1) is 0 Å². The summed E-state index contributed by atoms with van der Waals surface area (Å²) in [4.78, 5) is 34.5. The van der Waals surface area contributed by atoms with Crippen LogP contribution in [-0.4, -0.2) is 48.9 Å². The molecule has 9 heteroatoms. The predicted octanol–water partition coefficient (Wildman–Crippen LogP) is 0.178. The fourth-order valence-electron chi connectivity index (χ4n) is 1.45. The zero-order valence-electron chi connectivity index (χ0n) is 11.8. The third-order valence-corrected chi connectivity index (χ3v) is 2.59. The molecule has 9 nitrogen and oxygen atoms in total. The first-order valence-electron chi connectivity index (χ1n) is 6.10. The summed E-state index contributed by atoms with van der Waals surface area (Å²) in [6.45, 7) is 0.415. The molecule has 1 aromatic rings. The maximum Gasteiger partial charge on any atom is 0.316 e. The van der Waals surface area contributed by atoms with Crippen molar-refractivity contribution in [1.82, 2.24) is 15.5 Å². The lowest BCUT2D eigenvalue weighted by Crippen LogP contribution is -2.39. The number of nitrogen functional groups attached to an aromatic ring is 1. The Kier molecular flexibility index (Phi) is 5.47. The normalized spacial score (nSPS) is 9.81. The lowest BCUT2D eigenvalue weighted by Gasteiger charge is -2.12. The first kappa shape index (κ1) is 16.2. The second kappa shape index (κ2) is 7.08. The maximum atomic E-state index is 11.9. The van der Waals surface area contributed by atoms with Crippen LogP contribution in [0.4, 0.5) is 16.2 Å². The van der Waals surface area contributed by atoms with Crippen LogP contribution in [0.15, 0.2) is 18.2 Å². The fourth-order valence-corrected chi connectivity index (χ4v) is 1.45. The number of nitro groups is 1. The number of carbonyl (C=O) groups excluding carboxylic acids is 2. The van der Waals surface area contributed by atoms with Crippen molar-refractivity contribution in [2.24, 2.45) is 0 Å². The number of urea groups is 1. The third kappa shape index (κ3) is 4.64. The molecule has 0 aromatic heterocycles. The number of nitrogens with two attached hydrogens (primary N) is 1. The molecule has 21 heavy (non-hydrogen) atoms. The van der Waals surface area contributed by atoms with Gasteiger partial charge in [-0.3, -0.25) is 14.9 Å². The van der Waals surface area contributed by atoms with Crippen LogP contribution >= 0.6 is 0 Å². The van der Waals surface area contributed by atoms with Crippen LogP contribution in [0.3, 0.4) is 0 Å². The van der Waals surface area contributed by atoms with Crippen LogP contribution in [0.5, 0.6) is 0 Å². The average Bonchev–Trinajstić information content (AvgIpc) is 2.43. The largest absolute Gasteiger partial charge is 0.398 e. The molecule has 0 spiro atoms. The zero-order chi connectivity index (χ0) is 16.0. The molecule has 0 unspecified atom stereocenters. The Morgan fingerprint density at radius 2 is 1.90 bits per heavy atom. The van der Waals surface area contributed by atoms with Gasteiger partial charge in [-0.1, -0.05) is 0 Å². The molecule has 3 amide bonds. The molecule has 0 atom stereocenters. The number of nitrogens with zero attached hydrogens (tertiary/aromatic N) is 2. The van der Waals surface area contributed by atoms with Crippen LogP contribution in [-0.2, 0) is 0 Å². The summed E-state index contributed by atoms with van der Waals surface area (Å²) in [7, 11) is 3.19. The zero-order valence-corrected chi connectivity index (χ0v) is 11.8. The molecule has 4 N–H and O–H groups in total. The lowest BCUT2D eigenvalue weighted by molar-refractivity contribution is -0.384. The minimum absolute atomic E-state index is 0.0307. The van der Waals surface area contributed by atoms with E-state index in [-0.39, 0.29) is 36.1 Å². The first-order chi connectivity index (χ1) is 9.82. The van der Waals surface area contributed by atoms with Crippen molar-refractivity contribution in [3.63, 3.8) is 0 Å². The van der Waals surface area contributed by atoms with E-state index in [1.807, 2.05) is 0 Å². The van der Waals surface area contributed by atoms with Gasteiger partial charge in [0.25, 0.3) is 11.6 Å². The molecule has 0 bridgehead atoms. The number of nitrogens with one attached hydrogen (secondary N) is 2. The van der Waals surface area contributed by atoms with Crippen LogP contribution in [0.25, 0.3) is 0 Å². The smallest absolute Gasteiger partial charge is 0.316 e. The fraction of sp³-hybridized carbons (Fsp3) is 0.333. The van der Waals surface area contributed by atoms with Gasteiger partial charge < -0.3 is 21.3 Å². The Morgan fingerprint density at radius 3 is 2.48 bits per heavy atom. The second-order valence-corrected chi connectivity index (χ2v) is 4.41. The van der Waals surface area contributed by atoms with Gasteiger partial charge in [0, 0.05) is 45.0 Å². The van der Waals surface area contributed by atoms with Gasteiger partial charge in [0.05, 0.1) is 10.5 Å². The van der Waals surface area contributed by atoms with E-state index >= 15 is 0 Å². The topological polar surface area (TPSA) is 131 Å². The lowest BCUT2D eigenvalue weighted by atomic mass is 10.1. The van der Waals surface area contributed by atoms with E-state index in [1.54, 1.807) is 14.1 Å². The Balaban J connectivity index is 2.58. The van der Waals surface area contributed by atoms with Crippen LogP contribution in [0.2, 0.25) is 0 Å². The molecule has 0 aliphatic rings. The maximum absolute atomic E-state index is 11.9. The third-order valence-electron chi connectivity index (χ3n) is 2.59. The van der Waals surface area contributed by atoms with Gasteiger partial charge in [0.1, 0.15) is 0 Å². The number of rotatable bonds is 5. The minimum atomic E-state index is -0.604. The number of carbonyl (C=O) groups is 2. The summed E-state index contributed by atoms with van der Waals surface area (Å²) in [6.07, 6.45) is 0. The van der Waals surface area contributed by atoms with Crippen LogP contribution < -0.4 is 16.4 Å². The summed E-state index contributed by atoms with van der Waals surface area (Å²) >= 11 is 0. The van der Waals surface area contributed by atoms with Crippen molar-refractivity contribution in [2.75, 3.05) is 32.9 Å². The van der Waals surface area contributed by atoms with E-state index < -0.39 is 10.8 Å². The monoisotopic (exact) mass is 295 g/mol. The summed E-state index contributed by atoms with van der Waals surface area (Å²) in [5.74, 6) is -0.532. The molecule has 0 saturated heterocycles. The SMILES string of the molecule is CN(C)C(=O)NCCNC(=O)c1cc([N+](=O)[O-])ccc1N. The van der Waals surface area contributed by atoms with Gasteiger partial charge in [0.15, 0.2) is 0 Å². The average molecular weight is 295 g/mol.